The maximum absolute atomic E-state index is 13.0. The molecule has 0 spiro atoms. The number of carbonyl (C=O) groups is 2. The molecular weight excluding hydrogens is 394 g/mol. The molecule has 0 radical (unpaired) electrons. The molecule has 0 unspecified atom stereocenters. The Morgan fingerprint density at radius 2 is 1.86 bits per heavy atom. The van der Waals surface area contributed by atoms with Crippen LogP contribution in [0.3, 0.4) is 0 Å². The van der Waals surface area contributed by atoms with E-state index in [1.54, 1.807) is 28.1 Å². The first-order chi connectivity index (χ1) is 13.8. The van der Waals surface area contributed by atoms with Crippen molar-refractivity contribution in [2.75, 3.05) is 26.2 Å². The summed E-state index contributed by atoms with van der Waals surface area (Å²) in [6.07, 6.45) is 1.80. The minimum absolute atomic E-state index is 0.0103. The van der Waals surface area contributed by atoms with Crippen LogP contribution in [0.1, 0.15) is 22.3 Å². The molecule has 2 aromatic heterocycles. The lowest BCUT2D eigenvalue weighted by atomic mass is 10.1. The van der Waals surface area contributed by atoms with Gasteiger partial charge in [-0.15, -0.1) is 0 Å². The molecule has 1 aliphatic rings. The SMILES string of the molecule is CC(=O)N1CCN(C(=O)c2sc3nc(-c4cccc([N+](=O)[O-])c4)cn3c2C)CC1. The van der Waals surface area contributed by atoms with Crippen LogP contribution in [0.5, 0.6) is 0 Å². The summed E-state index contributed by atoms with van der Waals surface area (Å²) in [5.74, 6) is -0.0327. The molecular formula is C19H19N5O4S. The van der Waals surface area contributed by atoms with Gasteiger partial charge in [0.25, 0.3) is 11.6 Å². The predicted octanol–water partition coefficient (Wildman–Crippen LogP) is 2.58. The second-order valence-corrected chi connectivity index (χ2v) is 7.88. The number of nitrogens with zero attached hydrogens (tertiary/aromatic N) is 5. The Balaban J connectivity index is 1.59. The Bertz CT molecular complexity index is 1130. The number of aromatic nitrogens is 2. The molecule has 9 nitrogen and oxygen atoms in total. The number of aryl methyl sites for hydroxylation is 1. The molecule has 0 saturated carbocycles. The number of imidazole rings is 1. The van der Waals surface area contributed by atoms with Gasteiger partial charge in [0, 0.05) is 62.7 Å². The van der Waals surface area contributed by atoms with Crippen LogP contribution >= 0.6 is 11.3 Å². The van der Waals surface area contributed by atoms with Crippen LogP contribution in [0, 0.1) is 17.0 Å². The van der Waals surface area contributed by atoms with Gasteiger partial charge in [-0.1, -0.05) is 23.5 Å². The van der Waals surface area contributed by atoms with Gasteiger partial charge >= 0.3 is 0 Å². The molecule has 3 aromatic rings. The number of thiazole rings is 1. The van der Waals surface area contributed by atoms with Crippen molar-refractivity contribution in [1.82, 2.24) is 19.2 Å². The molecule has 150 valence electrons. The summed E-state index contributed by atoms with van der Waals surface area (Å²) >= 11 is 1.30. The number of hydrogen-bond donors (Lipinski definition) is 0. The summed E-state index contributed by atoms with van der Waals surface area (Å²) in [4.78, 5) is 44.3. The molecule has 0 bridgehead atoms. The number of piperazine rings is 1. The van der Waals surface area contributed by atoms with E-state index in [-0.39, 0.29) is 17.5 Å². The molecule has 0 aliphatic carbocycles. The Kier molecular flexibility index (Phi) is 4.79. The Morgan fingerprint density at radius 1 is 1.17 bits per heavy atom. The van der Waals surface area contributed by atoms with Crippen LogP contribution in [0.4, 0.5) is 5.69 Å². The van der Waals surface area contributed by atoms with Gasteiger partial charge in [0.15, 0.2) is 4.96 Å². The third-order valence-corrected chi connectivity index (χ3v) is 6.26. The largest absolute Gasteiger partial charge is 0.339 e. The van der Waals surface area contributed by atoms with Crippen molar-refractivity contribution in [3.8, 4) is 11.3 Å². The van der Waals surface area contributed by atoms with Crippen LogP contribution < -0.4 is 0 Å². The fraction of sp³-hybridized carbons (Fsp3) is 0.316. The van der Waals surface area contributed by atoms with Crippen LogP contribution in [-0.2, 0) is 4.79 Å². The minimum atomic E-state index is -0.435. The standard InChI is InChI=1S/C19H19N5O4S/c1-12-17(18(26)22-8-6-21(7-9-22)13(2)25)29-19-20-16(11-23(12)19)14-4-3-5-15(10-14)24(27)28/h3-5,10-11H,6-9H2,1-2H3. The molecule has 1 saturated heterocycles. The van der Waals surface area contributed by atoms with Gasteiger partial charge in [0.05, 0.1) is 10.6 Å². The molecule has 0 N–H and O–H groups in total. The quantitative estimate of drug-likeness (QED) is 0.485. The highest BCUT2D eigenvalue weighted by atomic mass is 32.1. The number of carbonyl (C=O) groups excluding carboxylic acids is 2. The van der Waals surface area contributed by atoms with Gasteiger partial charge in [0.2, 0.25) is 5.91 Å². The summed E-state index contributed by atoms with van der Waals surface area (Å²) in [7, 11) is 0. The van der Waals surface area contributed by atoms with Crippen molar-refractivity contribution in [2.24, 2.45) is 0 Å². The smallest absolute Gasteiger partial charge is 0.270 e. The highest BCUT2D eigenvalue weighted by Gasteiger charge is 2.27. The lowest BCUT2D eigenvalue weighted by Crippen LogP contribution is -2.50. The maximum Gasteiger partial charge on any atom is 0.270 e. The minimum Gasteiger partial charge on any atom is -0.339 e. The van der Waals surface area contributed by atoms with E-state index in [9.17, 15) is 19.7 Å². The summed E-state index contributed by atoms with van der Waals surface area (Å²) in [6, 6.07) is 6.33. The Morgan fingerprint density at radius 3 is 2.48 bits per heavy atom. The van der Waals surface area contributed by atoms with Crippen LogP contribution in [-0.4, -0.2) is 62.1 Å². The molecule has 29 heavy (non-hydrogen) atoms. The second-order valence-electron chi connectivity index (χ2n) is 6.90. The topological polar surface area (TPSA) is 101 Å². The van der Waals surface area contributed by atoms with E-state index in [1.165, 1.54) is 30.4 Å². The first-order valence-electron chi connectivity index (χ1n) is 9.13. The molecule has 4 rings (SSSR count). The molecule has 1 aromatic carbocycles. The monoisotopic (exact) mass is 413 g/mol. The van der Waals surface area contributed by atoms with Crippen LogP contribution in [0.25, 0.3) is 16.2 Å². The zero-order chi connectivity index (χ0) is 20.7. The number of non-ortho nitro benzene ring substituents is 1. The average molecular weight is 413 g/mol. The van der Waals surface area contributed by atoms with E-state index < -0.39 is 4.92 Å². The highest BCUT2D eigenvalue weighted by molar-refractivity contribution is 7.19. The molecule has 1 fully saturated rings. The third-order valence-electron chi connectivity index (χ3n) is 5.12. The first-order valence-corrected chi connectivity index (χ1v) is 9.95. The highest BCUT2D eigenvalue weighted by Crippen LogP contribution is 2.29. The normalized spacial score (nSPS) is 14.4. The van der Waals surface area contributed by atoms with E-state index in [1.807, 2.05) is 11.3 Å². The van der Waals surface area contributed by atoms with Gasteiger partial charge in [-0.2, -0.15) is 0 Å². The van der Waals surface area contributed by atoms with Crippen molar-refractivity contribution in [1.29, 1.82) is 0 Å². The summed E-state index contributed by atoms with van der Waals surface area (Å²) in [5, 5.41) is 11.0. The zero-order valence-corrected chi connectivity index (χ0v) is 16.8. The van der Waals surface area contributed by atoms with E-state index >= 15 is 0 Å². The average Bonchev–Trinajstić information content (AvgIpc) is 3.27. The molecule has 2 amide bonds. The third kappa shape index (κ3) is 3.46. The van der Waals surface area contributed by atoms with Crippen molar-refractivity contribution < 1.29 is 14.5 Å². The second kappa shape index (κ2) is 7.28. The summed E-state index contributed by atoms with van der Waals surface area (Å²) in [6.45, 7) is 5.50. The molecule has 0 atom stereocenters. The van der Waals surface area contributed by atoms with Crippen molar-refractivity contribution >= 4 is 33.8 Å². The van der Waals surface area contributed by atoms with Crippen molar-refractivity contribution in [3.05, 3.63) is 51.1 Å². The van der Waals surface area contributed by atoms with Gasteiger partial charge in [-0.05, 0) is 6.92 Å². The van der Waals surface area contributed by atoms with E-state index in [4.69, 9.17) is 0 Å². The lowest BCUT2D eigenvalue weighted by molar-refractivity contribution is -0.384. The maximum atomic E-state index is 13.0. The van der Waals surface area contributed by atoms with Crippen LogP contribution in [0.2, 0.25) is 0 Å². The Hall–Kier alpha value is -3.27. The Labute approximate surface area is 170 Å². The number of hydrogen-bond acceptors (Lipinski definition) is 6. The number of benzene rings is 1. The van der Waals surface area contributed by atoms with Gasteiger partial charge in [-0.25, -0.2) is 4.98 Å². The zero-order valence-electron chi connectivity index (χ0n) is 16.0. The summed E-state index contributed by atoms with van der Waals surface area (Å²) < 4.78 is 1.85. The predicted molar refractivity (Wildman–Crippen MR) is 108 cm³/mol. The number of nitro groups is 1. The molecule has 10 heteroatoms. The fourth-order valence-corrected chi connectivity index (χ4v) is 4.51. The number of amides is 2. The van der Waals surface area contributed by atoms with E-state index in [0.29, 0.717) is 47.3 Å². The van der Waals surface area contributed by atoms with Crippen molar-refractivity contribution in [3.63, 3.8) is 0 Å². The van der Waals surface area contributed by atoms with Gasteiger partial charge < -0.3 is 9.80 Å². The van der Waals surface area contributed by atoms with Gasteiger partial charge in [-0.3, -0.25) is 24.1 Å². The molecule has 3 heterocycles. The number of nitro benzene ring substituents is 1. The molecule has 1 aliphatic heterocycles. The number of rotatable bonds is 3. The lowest BCUT2D eigenvalue weighted by Gasteiger charge is -2.34. The van der Waals surface area contributed by atoms with Crippen molar-refractivity contribution in [2.45, 2.75) is 13.8 Å². The van der Waals surface area contributed by atoms with Gasteiger partial charge in [0.1, 0.15) is 4.88 Å². The van der Waals surface area contributed by atoms with E-state index in [0.717, 1.165) is 5.69 Å². The first kappa shape index (κ1) is 19.1. The summed E-state index contributed by atoms with van der Waals surface area (Å²) in [5.41, 5.74) is 2.07. The van der Waals surface area contributed by atoms with Crippen LogP contribution in [0.15, 0.2) is 30.5 Å². The number of fused-ring (bicyclic) bond motifs is 1. The fourth-order valence-electron chi connectivity index (χ4n) is 3.43. The van der Waals surface area contributed by atoms with E-state index in [2.05, 4.69) is 4.98 Å².